The maximum absolute atomic E-state index is 11.8. The van der Waals surface area contributed by atoms with Crippen LogP contribution < -0.4 is 11.1 Å². The first-order valence-corrected chi connectivity index (χ1v) is 6.71. The number of amides is 1. The first-order valence-electron chi connectivity index (χ1n) is 6.33. The fourth-order valence-corrected chi connectivity index (χ4v) is 1.97. The van der Waals surface area contributed by atoms with Crippen molar-refractivity contribution in [1.82, 2.24) is 5.32 Å². The van der Waals surface area contributed by atoms with Crippen molar-refractivity contribution in [2.45, 2.75) is 45.2 Å². The summed E-state index contributed by atoms with van der Waals surface area (Å²) in [7, 11) is 0. The van der Waals surface area contributed by atoms with Gasteiger partial charge >= 0.3 is 0 Å². The first-order chi connectivity index (χ1) is 8.52. The second-order valence-corrected chi connectivity index (χ2v) is 5.04. The van der Waals surface area contributed by atoms with Crippen LogP contribution >= 0.6 is 11.6 Å². The minimum atomic E-state index is 0.0179. The average molecular weight is 269 g/mol. The lowest BCUT2D eigenvalue weighted by atomic mass is 10.0. The number of hydrogen-bond acceptors (Lipinski definition) is 2. The van der Waals surface area contributed by atoms with Gasteiger partial charge in [0.15, 0.2) is 0 Å². The standard InChI is InChI=1S/C14H21ClN2O/c1-3-13(11-5-4-6-12(15)9-11)17-14(18)8-7-10(2)16/h4-6,9-10,13H,3,7-8,16H2,1-2H3,(H,17,18). The van der Waals surface area contributed by atoms with Gasteiger partial charge in [0.2, 0.25) is 5.91 Å². The molecule has 0 spiro atoms. The van der Waals surface area contributed by atoms with E-state index in [9.17, 15) is 4.79 Å². The molecule has 0 saturated heterocycles. The van der Waals surface area contributed by atoms with Crippen molar-refractivity contribution in [1.29, 1.82) is 0 Å². The molecule has 1 aromatic carbocycles. The second kappa shape index (κ2) is 7.39. The van der Waals surface area contributed by atoms with E-state index in [1.165, 1.54) is 0 Å². The van der Waals surface area contributed by atoms with Gasteiger partial charge in [0.1, 0.15) is 0 Å². The van der Waals surface area contributed by atoms with Crippen LogP contribution in [0, 0.1) is 0 Å². The minimum absolute atomic E-state index is 0.0179. The highest BCUT2D eigenvalue weighted by Crippen LogP contribution is 2.20. The first kappa shape index (κ1) is 15.0. The van der Waals surface area contributed by atoms with Gasteiger partial charge in [0, 0.05) is 17.5 Å². The van der Waals surface area contributed by atoms with Crippen LogP contribution in [0.4, 0.5) is 0 Å². The normalized spacial score (nSPS) is 14.0. The van der Waals surface area contributed by atoms with Crippen molar-refractivity contribution < 1.29 is 4.79 Å². The fourth-order valence-electron chi connectivity index (χ4n) is 1.77. The zero-order valence-corrected chi connectivity index (χ0v) is 11.7. The van der Waals surface area contributed by atoms with E-state index in [0.29, 0.717) is 17.9 Å². The summed E-state index contributed by atoms with van der Waals surface area (Å²) < 4.78 is 0. The van der Waals surface area contributed by atoms with Crippen molar-refractivity contribution in [3.8, 4) is 0 Å². The van der Waals surface area contributed by atoms with Crippen LogP contribution in [0.2, 0.25) is 5.02 Å². The molecule has 0 aliphatic carbocycles. The Morgan fingerprint density at radius 2 is 2.22 bits per heavy atom. The summed E-state index contributed by atoms with van der Waals surface area (Å²) in [5.74, 6) is 0.0409. The van der Waals surface area contributed by atoms with Gasteiger partial charge in [-0.1, -0.05) is 30.7 Å². The molecular formula is C14H21ClN2O. The molecule has 1 rings (SSSR count). The number of carbonyl (C=O) groups is 1. The molecular weight excluding hydrogens is 248 g/mol. The molecule has 0 saturated carbocycles. The van der Waals surface area contributed by atoms with Crippen LogP contribution in [0.25, 0.3) is 0 Å². The van der Waals surface area contributed by atoms with Gasteiger partial charge in [0.25, 0.3) is 0 Å². The molecule has 3 nitrogen and oxygen atoms in total. The van der Waals surface area contributed by atoms with Crippen molar-refractivity contribution in [2.75, 3.05) is 0 Å². The van der Waals surface area contributed by atoms with E-state index in [-0.39, 0.29) is 18.0 Å². The topological polar surface area (TPSA) is 55.1 Å². The maximum atomic E-state index is 11.8. The molecule has 0 radical (unpaired) electrons. The number of hydrogen-bond donors (Lipinski definition) is 2. The number of benzene rings is 1. The van der Waals surface area contributed by atoms with Crippen LogP contribution in [0.1, 0.15) is 44.7 Å². The SMILES string of the molecule is CCC(NC(=O)CCC(C)N)c1cccc(Cl)c1. The molecule has 3 N–H and O–H groups in total. The Morgan fingerprint density at radius 3 is 2.78 bits per heavy atom. The predicted octanol–water partition coefficient (Wildman–Crippen LogP) is 3.03. The Hall–Kier alpha value is -1.06. The van der Waals surface area contributed by atoms with Crippen molar-refractivity contribution >= 4 is 17.5 Å². The highest BCUT2D eigenvalue weighted by Gasteiger charge is 2.13. The van der Waals surface area contributed by atoms with Crippen LogP contribution in [-0.2, 0) is 4.79 Å². The van der Waals surface area contributed by atoms with Gasteiger partial charge in [-0.3, -0.25) is 4.79 Å². The lowest BCUT2D eigenvalue weighted by Gasteiger charge is -2.18. The van der Waals surface area contributed by atoms with E-state index in [0.717, 1.165) is 12.0 Å². The molecule has 1 aromatic rings. The molecule has 18 heavy (non-hydrogen) atoms. The van der Waals surface area contributed by atoms with Gasteiger partial charge in [-0.2, -0.15) is 0 Å². The molecule has 100 valence electrons. The zero-order valence-electron chi connectivity index (χ0n) is 10.9. The summed E-state index contributed by atoms with van der Waals surface area (Å²) >= 11 is 5.96. The Kier molecular flexibility index (Phi) is 6.16. The fraction of sp³-hybridized carbons (Fsp3) is 0.500. The number of halogens is 1. The highest BCUT2D eigenvalue weighted by atomic mass is 35.5. The summed E-state index contributed by atoms with van der Waals surface area (Å²) in [6.45, 7) is 3.94. The quantitative estimate of drug-likeness (QED) is 0.833. The summed E-state index contributed by atoms with van der Waals surface area (Å²) in [6.07, 6.45) is 2.01. The monoisotopic (exact) mass is 268 g/mol. The molecule has 0 heterocycles. The van der Waals surface area contributed by atoms with Gasteiger partial charge < -0.3 is 11.1 Å². The third-order valence-corrected chi connectivity index (χ3v) is 3.06. The third-order valence-electron chi connectivity index (χ3n) is 2.82. The van der Waals surface area contributed by atoms with Gasteiger partial charge in [0.05, 0.1) is 6.04 Å². The van der Waals surface area contributed by atoms with E-state index < -0.39 is 0 Å². The molecule has 0 aliphatic heterocycles. The van der Waals surface area contributed by atoms with Crippen molar-refractivity contribution in [2.24, 2.45) is 5.73 Å². The second-order valence-electron chi connectivity index (χ2n) is 4.60. The van der Waals surface area contributed by atoms with Crippen LogP contribution in [-0.4, -0.2) is 11.9 Å². The molecule has 4 heteroatoms. The van der Waals surface area contributed by atoms with E-state index in [1.54, 1.807) is 0 Å². The average Bonchev–Trinajstić information content (AvgIpc) is 2.33. The van der Waals surface area contributed by atoms with Crippen molar-refractivity contribution in [3.05, 3.63) is 34.9 Å². The largest absolute Gasteiger partial charge is 0.349 e. The summed E-state index contributed by atoms with van der Waals surface area (Å²) in [5, 5.41) is 3.70. The Labute approximate surface area is 114 Å². The molecule has 0 fully saturated rings. The zero-order chi connectivity index (χ0) is 13.5. The van der Waals surface area contributed by atoms with Gasteiger partial charge in [-0.15, -0.1) is 0 Å². The van der Waals surface area contributed by atoms with Gasteiger partial charge in [-0.25, -0.2) is 0 Å². The summed E-state index contributed by atoms with van der Waals surface area (Å²) in [4.78, 5) is 11.8. The van der Waals surface area contributed by atoms with Crippen LogP contribution in [0.5, 0.6) is 0 Å². The predicted molar refractivity (Wildman–Crippen MR) is 75.5 cm³/mol. The van der Waals surface area contributed by atoms with E-state index in [2.05, 4.69) is 5.32 Å². The van der Waals surface area contributed by atoms with Crippen molar-refractivity contribution in [3.63, 3.8) is 0 Å². The maximum Gasteiger partial charge on any atom is 0.220 e. The molecule has 0 bridgehead atoms. The Bertz CT molecular complexity index is 393. The summed E-state index contributed by atoms with van der Waals surface area (Å²) in [5.41, 5.74) is 6.68. The molecule has 0 aliphatic rings. The summed E-state index contributed by atoms with van der Waals surface area (Å²) in [6, 6.07) is 7.67. The number of nitrogens with two attached hydrogens (primary N) is 1. The number of carbonyl (C=O) groups excluding carboxylic acids is 1. The molecule has 1 amide bonds. The lowest BCUT2D eigenvalue weighted by molar-refractivity contribution is -0.122. The lowest BCUT2D eigenvalue weighted by Crippen LogP contribution is -2.29. The smallest absolute Gasteiger partial charge is 0.220 e. The molecule has 2 atom stereocenters. The number of rotatable bonds is 6. The number of nitrogens with one attached hydrogen (secondary N) is 1. The van der Waals surface area contributed by atoms with E-state index in [4.69, 9.17) is 17.3 Å². The molecule has 2 unspecified atom stereocenters. The minimum Gasteiger partial charge on any atom is -0.349 e. The highest BCUT2D eigenvalue weighted by molar-refractivity contribution is 6.30. The van der Waals surface area contributed by atoms with Gasteiger partial charge in [-0.05, 0) is 37.5 Å². The Morgan fingerprint density at radius 1 is 1.50 bits per heavy atom. The van der Waals surface area contributed by atoms with Crippen LogP contribution in [0.3, 0.4) is 0 Å². The Balaban J connectivity index is 2.59. The third kappa shape index (κ3) is 5.07. The van der Waals surface area contributed by atoms with E-state index >= 15 is 0 Å². The van der Waals surface area contributed by atoms with E-state index in [1.807, 2.05) is 38.1 Å². The molecule has 0 aromatic heterocycles. The van der Waals surface area contributed by atoms with Crippen LogP contribution in [0.15, 0.2) is 24.3 Å².